The zero-order valence-electron chi connectivity index (χ0n) is 12.3. The minimum absolute atomic E-state index is 0.0328. The molecule has 1 aromatic rings. The summed E-state index contributed by atoms with van der Waals surface area (Å²) in [6, 6.07) is 5.99. The van der Waals surface area contributed by atoms with Crippen LogP contribution in [0.3, 0.4) is 0 Å². The van der Waals surface area contributed by atoms with Crippen LogP contribution in [0, 0.1) is 11.3 Å². The second-order valence-electron chi connectivity index (χ2n) is 12.0. The molecule has 4 unspecified atom stereocenters. The maximum atomic E-state index is 13.6. The van der Waals surface area contributed by atoms with Crippen molar-refractivity contribution in [2.75, 3.05) is 0 Å². The molecule has 6 heteroatoms. The van der Waals surface area contributed by atoms with Crippen molar-refractivity contribution in [3.05, 3.63) is 29.3 Å². The van der Waals surface area contributed by atoms with Crippen LogP contribution in [0.2, 0.25) is 43.3 Å². The summed E-state index contributed by atoms with van der Waals surface area (Å²) in [5, 5.41) is 9.15. The molecule has 0 amide bonds. The van der Waals surface area contributed by atoms with E-state index >= 15 is 0 Å². The fourth-order valence-electron chi connectivity index (χ4n) is 17.4. The Bertz CT molecular complexity index is 1340. The molecule has 10 aliphatic heterocycles. The van der Waals surface area contributed by atoms with Gasteiger partial charge in [-0.2, -0.15) is 0 Å². The number of halogens is 3. The Balaban J connectivity index is 1.24. The molecule has 0 radical (unpaired) electrons. The summed E-state index contributed by atoms with van der Waals surface area (Å²) >= 11 is 0. The van der Waals surface area contributed by atoms with Crippen molar-refractivity contribution < 1.29 is 24.4 Å². The summed E-state index contributed by atoms with van der Waals surface area (Å²) < 4.78 is 47.3. The van der Waals surface area contributed by atoms with Gasteiger partial charge in [0.05, 0.1) is 0 Å². The van der Waals surface area contributed by atoms with Crippen molar-refractivity contribution in [3.63, 3.8) is 0 Å². The second-order valence-corrected chi connectivity index (χ2v) is 35.5. The quantitative estimate of drug-likeness (QED) is 0.665. The topological polar surface area (TPSA) is 33.0 Å². The Morgan fingerprint density at radius 3 is 1.96 bits per heavy atom. The molecule has 10 fully saturated rings. The Hall–Kier alpha value is -1.18. The van der Waals surface area contributed by atoms with E-state index < -0.39 is 18.2 Å². The van der Waals surface area contributed by atoms with Crippen LogP contribution in [0.5, 0.6) is 5.75 Å². The van der Waals surface area contributed by atoms with E-state index in [4.69, 9.17) is 10.00 Å². The molecule has 4 atom stereocenters. The number of nitrogens with zero attached hydrogens (tertiary/aromatic N) is 1. The molecule has 10 saturated heterocycles. The molecule has 0 saturated carbocycles. The van der Waals surface area contributed by atoms with Crippen molar-refractivity contribution in [2.45, 2.75) is 54.0 Å². The molecule has 1 spiro atoms. The normalized spacial score (nSPS) is 88.0. The number of nitriles is 1. The van der Waals surface area contributed by atoms with Gasteiger partial charge < -0.3 is 0 Å². The predicted octanol–water partition coefficient (Wildman–Crippen LogP) is 5.25. The fourth-order valence-corrected chi connectivity index (χ4v) is 89.7. The summed E-state index contributed by atoms with van der Waals surface area (Å²) in [5.74, 6) is -0.0328. The van der Waals surface area contributed by atoms with Crippen LogP contribution in [-0.4, -0.2) is 4.50 Å². The molecule has 0 aromatic heterocycles. The Labute approximate surface area is 125 Å². The van der Waals surface area contributed by atoms with Crippen molar-refractivity contribution in [1.82, 2.24) is 0 Å². The molecule has 124 valence electrons. The van der Waals surface area contributed by atoms with Crippen LogP contribution in [-0.2, 0) is 12.7 Å². The third kappa shape index (κ3) is 0.143. The number of fused-ring (bicyclic) bond motifs is 10. The first kappa shape index (κ1) is 10.1. The van der Waals surface area contributed by atoms with Gasteiger partial charge in [-0.15, -0.1) is 0 Å². The first-order chi connectivity index (χ1) is 11.2. The van der Waals surface area contributed by atoms with Gasteiger partial charge in [-0.25, -0.2) is 0 Å². The summed E-state index contributed by atoms with van der Waals surface area (Å²) in [4.78, 5) is 8.58. The van der Waals surface area contributed by atoms with E-state index in [2.05, 4.69) is 0 Å². The predicted molar refractivity (Wildman–Crippen MR) is 73.3 cm³/mol. The van der Waals surface area contributed by atoms with Crippen LogP contribution in [0.1, 0.15) is 11.1 Å². The maximum absolute atomic E-state index is 13.6. The van der Waals surface area contributed by atoms with E-state index in [9.17, 15) is 13.2 Å². The molecule has 0 N–H and O–H groups in total. The van der Waals surface area contributed by atoms with E-state index in [-0.39, 0.29) is 15.8 Å². The summed E-state index contributed by atoms with van der Waals surface area (Å²) in [7, 11) is 0. The van der Waals surface area contributed by atoms with E-state index in [0.717, 1.165) is 43.3 Å². The average Bonchev–Trinajstić information content (AvgIpc) is 3.47. The second kappa shape index (κ2) is 1.01. The number of alkyl halides is 3. The molecule has 11 rings (SSSR count). The number of hydrogen-bond acceptors (Lipinski definition) is 2. The van der Waals surface area contributed by atoms with Gasteiger partial charge in [0.15, 0.2) is 0 Å². The molecule has 1 aromatic carbocycles. The standard InChI is InChI=1S/C13H7F3NO.C5H5.Fe/c14-13(15,16)12-9(8-17)4-3-7-11(12)18-10-5-1-2-6-10;1-2-4-5-3-1;/h1-7H;1-5H;. The fraction of sp³-hybridized carbons (Fsp3) is 0.611. The van der Waals surface area contributed by atoms with Gasteiger partial charge in [-0.1, -0.05) is 0 Å². The summed E-state index contributed by atoms with van der Waals surface area (Å²) in [5.41, 5.74) is -1.13. The molecule has 0 bridgehead atoms. The van der Waals surface area contributed by atoms with Crippen molar-refractivity contribution in [1.29, 1.82) is 5.26 Å². The first-order valence-corrected chi connectivity index (χ1v) is 15.0. The summed E-state index contributed by atoms with van der Waals surface area (Å²) in [6.07, 6.45) is -4.53. The minimum atomic E-state index is -4.53. The first-order valence-electron chi connectivity index (χ1n) is 8.70. The number of ether oxygens (including phenoxy) is 1. The number of rotatable bonds is 2. The van der Waals surface area contributed by atoms with Gasteiger partial charge >= 0.3 is 125 Å². The Morgan fingerprint density at radius 2 is 1.58 bits per heavy atom. The molecular formula is C18H12F3FeNO. The number of benzene rings is 1. The van der Waals surface area contributed by atoms with E-state index in [0.29, 0.717) is 0 Å². The molecule has 24 heavy (non-hydrogen) atoms. The molecule has 0 aliphatic carbocycles. The SMILES string of the molecule is N#Cc1cccc(O[C]23[CH]4[CH]5[CH]6[CH]2[Fe]56432789[CH]3[CH]2[CH]7[CH]8[CH]39)c1C(F)(F)F. The van der Waals surface area contributed by atoms with Crippen LogP contribution in [0.15, 0.2) is 18.2 Å². The molecule has 10 aliphatic rings. The van der Waals surface area contributed by atoms with Gasteiger partial charge in [-0.3, -0.25) is 0 Å². The van der Waals surface area contributed by atoms with Crippen LogP contribution < -0.4 is 4.74 Å². The van der Waals surface area contributed by atoms with Crippen molar-refractivity contribution in [3.8, 4) is 11.8 Å². The molecule has 10 heterocycles. The van der Waals surface area contributed by atoms with Gasteiger partial charge in [0.25, 0.3) is 0 Å². The van der Waals surface area contributed by atoms with Crippen LogP contribution in [0.4, 0.5) is 13.2 Å². The summed E-state index contributed by atoms with van der Waals surface area (Å²) in [6.45, 7) is -3.58. The monoisotopic (exact) mass is 371 g/mol. The van der Waals surface area contributed by atoms with Gasteiger partial charge in [0.1, 0.15) is 0 Å². The average molecular weight is 371 g/mol. The Morgan fingerprint density at radius 1 is 1.00 bits per heavy atom. The number of hydrogen-bond donors (Lipinski definition) is 0. The van der Waals surface area contributed by atoms with Crippen LogP contribution >= 0.6 is 0 Å². The van der Waals surface area contributed by atoms with Gasteiger partial charge in [0, 0.05) is 0 Å². The Kier molecular flexibility index (Phi) is 0.424. The van der Waals surface area contributed by atoms with Crippen molar-refractivity contribution in [2.24, 2.45) is 0 Å². The molecule has 2 nitrogen and oxygen atoms in total. The van der Waals surface area contributed by atoms with Crippen LogP contribution in [0.25, 0.3) is 0 Å². The molecular weight excluding hydrogens is 359 g/mol. The third-order valence-corrected chi connectivity index (χ3v) is 58.1. The third-order valence-electron chi connectivity index (χ3n) is 16.2. The van der Waals surface area contributed by atoms with Gasteiger partial charge in [-0.05, 0) is 0 Å². The van der Waals surface area contributed by atoms with E-state index in [1.165, 1.54) is 12.1 Å². The van der Waals surface area contributed by atoms with Crippen molar-refractivity contribution >= 4 is 0 Å². The van der Waals surface area contributed by atoms with E-state index in [1.807, 2.05) is 0 Å². The van der Waals surface area contributed by atoms with E-state index in [1.54, 1.807) is 12.1 Å². The van der Waals surface area contributed by atoms with Gasteiger partial charge in [0.2, 0.25) is 0 Å². The zero-order valence-corrected chi connectivity index (χ0v) is 13.4. The zero-order chi connectivity index (χ0) is 15.8.